The second-order valence-corrected chi connectivity index (χ2v) is 13.7. The number of nitrogens with zero attached hydrogens (tertiary/aromatic N) is 1. The average molecular weight is 578 g/mol. The van der Waals surface area contributed by atoms with Crippen molar-refractivity contribution < 1.29 is 33.9 Å². The Morgan fingerprint density at radius 3 is 1.90 bits per heavy atom. The van der Waals surface area contributed by atoms with Crippen LogP contribution in [-0.2, 0) is 24.0 Å². The lowest BCUT2D eigenvalue weighted by Crippen LogP contribution is -2.61. The highest BCUT2D eigenvalue weighted by atomic mass is 16.4. The van der Waals surface area contributed by atoms with Crippen LogP contribution in [0.25, 0.3) is 0 Å². The molecule has 1 aliphatic carbocycles. The third-order valence-corrected chi connectivity index (χ3v) is 8.03. The van der Waals surface area contributed by atoms with Crippen molar-refractivity contribution in [2.24, 2.45) is 28.4 Å². The molecule has 1 unspecified atom stereocenters. The Bertz CT molecular complexity index is 1070. The molecule has 1 saturated heterocycles. The maximum Gasteiger partial charge on any atom is 0.326 e. The zero-order valence-electron chi connectivity index (χ0n) is 25.3. The lowest BCUT2D eigenvalue weighted by atomic mass is 9.80. The Balaban J connectivity index is 2.32. The lowest BCUT2D eigenvalue weighted by Gasteiger charge is -2.36. The molecule has 0 aromatic carbocycles. The van der Waals surface area contributed by atoms with Gasteiger partial charge in [-0.25, -0.2) is 9.59 Å². The quantitative estimate of drug-likeness (QED) is 0.183. The molecule has 12 heteroatoms. The number of Topliss-reactive ketones (excluding diaryl/α,β-unsaturated/α-hetero) is 1. The molecular weight excluding hydrogens is 530 g/mol. The number of aliphatic carboxylic acids is 1. The molecule has 2 rings (SSSR count). The monoisotopic (exact) mass is 577 g/mol. The van der Waals surface area contributed by atoms with E-state index in [-0.39, 0.29) is 24.8 Å². The van der Waals surface area contributed by atoms with E-state index in [1.807, 2.05) is 0 Å². The van der Waals surface area contributed by atoms with Crippen molar-refractivity contribution in [2.75, 3.05) is 6.54 Å². The molecule has 1 aliphatic heterocycles. The minimum atomic E-state index is -1.22. The summed E-state index contributed by atoms with van der Waals surface area (Å²) in [5.41, 5.74) is 4.41. The number of carbonyl (C=O) groups excluding carboxylic acids is 5. The number of amides is 5. The zero-order chi connectivity index (χ0) is 31.4. The van der Waals surface area contributed by atoms with Crippen LogP contribution >= 0.6 is 0 Å². The summed E-state index contributed by atoms with van der Waals surface area (Å²) in [5.74, 6) is -4.36. The van der Waals surface area contributed by atoms with Crippen LogP contribution in [0, 0.1) is 22.7 Å². The molecule has 1 saturated carbocycles. The van der Waals surface area contributed by atoms with Crippen LogP contribution in [0.2, 0.25) is 0 Å². The van der Waals surface area contributed by atoms with E-state index in [1.54, 1.807) is 48.5 Å². The fourth-order valence-corrected chi connectivity index (χ4v) is 5.19. The first-order valence-electron chi connectivity index (χ1n) is 14.1. The van der Waals surface area contributed by atoms with Crippen molar-refractivity contribution in [2.45, 2.75) is 105 Å². The van der Waals surface area contributed by atoms with Crippen molar-refractivity contribution in [3.63, 3.8) is 0 Å². The zero-order valence-corrected chi connectivity index (χ0v) is 25.3. The molecule has 0 aromatic rings. The minimum absolute atomic E-state index is 0.166. The number of hydrogen-bond donors (Lipinski definition) is 5. The number of nitrogens with one attached hydrogen (secondary N) is 3. The van der Waals surface area contributed by atoms with Crippen molar-refractivity contribution in [1.82, 2.24) is 20.9 Å². The fourth-order valence-electron chi connectivity index (χ4n) is 5.19. The largest absolute Gasteiger partial charge is 0.480 e. The van der Waals surface area contributed by atoms with Gasteiger partial charge in [0, 0.05) is 6.54 Å². The summed E-state index contributed by atoms with van der Waals surface area (Å²) >= 11 is 0. The van der Waals surface area contributed by atoms with E-state index in [1.165, 1.54) is 4.90 Å². The molecular formula is C29H47N5O7. The van der Waals surface area contributed by atoms with Gasteiger partial charge < -0.3 is 31.7 Å². The lowest BCUT2D eigenvalue weighted by molar-refractivity contribution is -0.143. The van der Waals surface area contributed by atoms with Crippen LogP contribution in [0.5, 0.6) is 0 Å². The van der Waals surface area contributed by atoms with Gasteiger partial charge >= 0.3 is 12.0 Å². The summed E-state index contributed by atoms with van der Waals surface area (Å²) in [7, 11) is 0. The van der Waals surface area contributed by atoms with Gasteiger partial charge in [-0.05, 0) is 42.4 Å². The smallest absolute Gasteiger partial charge is 0.326 e. The van der Waals surface area contributed by atoms with Crippen LogP contribution in [0.3, 0.4) is 0 Å². The van der Waals surface area contributed by atoms with Crippen LogP contribution in [0.15, 0.2) is 12.2 Å². The van der Waals surface area contributed by atoms with Gasteiger partial charge in [-0.1, -0.05) is 73.0 Å². The van der Waals surface area contributed by atoms with Gasteiger partial charge in [-0.15, -0.1) is 0 Å². The topological polar surface area (TPSA) is 188 Å². The number of nitrogens with two attached hydrogens (primary N) is 1. The molecule has 2 fully saturated rings. The van der Waals surface area contributed by atoms with Gasteiger partial charge in [-0.2, -0.15) is 0 Å². The van der Waals surface area contributed by atoms with Gasteiger partial charge in [0.05, 0.1) is 6.04 Å². The van der Waals surface area contributed by atoms with Gasteiger partial charge in [0.15, 0.2) is 0 Å². The van der Waals surface area contributed by atoms with Gasteiger partial charge in [0.2, 0.25) is 17.6 Å². The van der Waals surface area contributed by atoms with Gasteiger partial charge in [-0.3, -0.25) is 19.2 Å². The molecule has 12 nitrogen and oxygen atoms in total. The molecule has 0 aromatic heterocycles. The highest BCUT2D eigenvalue weighted by Gasteiger charge is 2.46. The second kappa shape index (κ2) is 13.0. The Morgan fingerprint density at radius 2 is 1.49 bits per heavy atom. The molecule has 1 heterocycles. The Labute approximate surface area is 242 Å². The number of ketones is 1. The third-order valence-electron chi connectivity index (χ3n) is 8.03. The Morgan fingerprint density at radius 1 is 0.951 bits per heavy atom. The predicted octanol–water partition coefficient (Wildman–Crippen LogP) is 1.72. The van der Waals surface area contributed by atoms with E-state index in [0.717, 1.165) is 24.8 Å². The summed E-state index contributed by atoms with van der Waals surface area (Å²) in [5, 5.41) is 17.4. The van der Waals surface area contributed by atoms with Gasteiger partial charge in [0.1, 0.15) is 18.1 Å². The Kier molecular flexibility index (Phi) is 10.7. The summed E-state index contributed by atoms with van der Waals surface area (Å²) in [6.07, 6.45) is 3.34. The second-order valence-electron chi connectivity index (χ2n) is 13.7. The number of hydrogen-bond acceptors (Lipinski definition) is 6. The molecule has 41 heavy (non-hydrogen) atoms. The number of carboxylic acid groups (broad SMARTS) is 1. The highest BCUT2D eigenvalue weighted by Crippen LogP contribution is 2.33. The van der Waals surface area contributed by atoms with Crippen molar-refractivity contribution >= 4 is 35.5 Å². The van der Waals surface area contributed by atoms with E-state index in [9.17, 15) is 33.9 Å². The van der Waals surface area contributed by atoms with Gasteiger partial charge in [0.25, 0.3) is 5.91 Å². The van der Waals surface area contributed by atoms with Crippen molar-refractivity contribution in [1.29, 1.82) is 0 Å². The van der Waals surface area contributed by atoms with Crippen LogP contribution in [-0.4, -0.2) is 76.2 Å². The normalized spacial score (nSPS) is 21.6. The van der Waals surface area contributed by atoms with Crippen molar-refractivity contribution in [3.05, 3.63) is 12.2 Å². The average Bonchev–Trinajstić information content (AvgIpc) is 3.26. The van der Waals surface area contributed by atoms with Crippen LogP contribution < -0.4 is 21.7 Å². The SMILES string of the molecule is C=C(C)[C@@H]1C[C@@H](C(=O)NC(CC2CCC2)C(=O)C(N)=O)N(C(=O)[C@@H](NC(=O)N[C@@H](C(=O)O)C(C)(C)C)C(C)(C)C)C1. The maximum absolute atomic E-state index is 14.0. The number of primary amides is 1. The first-order valence-corrected chi connectivity index (χ1v) is 14.1. The van der Waals surface area contributed by atoms with E-state index >= 15 is 0 Å². The van der Waals surface area contributed by atoms with E-state index in [0.29, 0.717) is 6.42 Å². The van der Waals surface area contributed by atoms with E-state index < -0.39 is 70.5 Å². The number of rotatable bonds is 11. The van der Waals surface area contributed by atoms with Crippen molar-refractivity contribution in [3.8, 4) is 0 Å². The maximum atomic E-state index is 14.0. The first kappa shape index (κ1) is 33.8. The number of urea groups is 1. The van der Waals surface area contributed by atoms with E-state index in [4.69, 9.17) is 5.73 Å². The van der Waals surface area contributed by atoms with Crippen LogP contribution in [0.1, 0.15) is 80.6 Å². The standard InChI is InChI=1S/C29H47N5O7/c1-15(2)17-13-19(24(37)31-18(20(35)23(30)36)12-16-10-9-11-16)34(14-17)25(38)21(28(3,4)5)32-27(41)33-22(26(39)40)29(6,7)8/h16-19,21-22H,1,9-14H2,2-8H3,(H2,30,36)(H,31,37)(H,39,40)(H2,32,33,41)/t17-,18?,19+,21-,22+/m1/s1. The number of carbonyl (C=O) groups is 6. The van der Waals surface area contributed by atoms with Crippen LogP contribution in [0.4, 0.5) is 4.79 Å². The number of likely N-dealkylation sites (tertiary alicyclic amines) is 1. The fraction of sp³-hybridized carbons (Fsp3) is 0.724. The molecule has 6 N–H and O–H groups in total. The third kappa shape index (κ3) is 8.77. The summed E-state index contributed by atoms with van der Waals surface area (Å²) in [6.45, 7) is 16.2. The molecule has 0 radical (unpaired) electrons. The van der Waals surface area contributed by atoms with E-state index in [2.05, 4.69) is 22.5 Å². The summed E-state index contributed by atoms with van der Waals surface area (Å²) in [6, 6.07) is -5.23. The molecule has 0 bridgehead atoms. The molecule has 2 aliphatic rings. The molecule has 5 atom stereocenters. The molecule has 5 amide bonds. The molecule has 230 valence electrons. The summed E-state index contributed by atoms with van der Waals surface area (Å²) in [4.78, 5) is 77.9. The number of carboxylic acids is 1. The summed E-state index contributed by atoms with van der Waals surface area (Å²) < 4.78 is 0. The Hall–Kier alpha value is -3.44. The molecule has 0 spiro atoms. The highest BCUT2D eigenvalue weighted by molar-refractivity contribution is 6.37. The first-order chi connectivity index (χ1) is 18.7. The minimum Gasteiger partial charge on any atom is -0.480 e. The predicted molar refractivity (Wildman–Crippen MR) is 152 cm³/mol.